The predicted molar refractivity (Wildman–Crippen MR) is 112 cm³/mol. The number of para-hydroxylation sites is 1. The van der Waals surface area contributed by atoms with E-state index in [-0.39, 0.29) is 11.9 Å². The lowest BCUT2D eigenvalue weighted by Crippen LogP contribution is -2.14. The molecule has 0 aliphatic rings. The van der Waals surface area contributed by atoms with Crippen molar-refractivity contribution in [2.75, 3.05) is 17.2 Å². The number of rotatable bonds is 6. The Morgan fingerprint density at radius 2 is 1.55 bits per heavy atom. The van der Waals surface area contributed by atoms with Crippen LogP contribution in [0.25, 0.3) is 0 Å². The van der Waals surface area contributed by atoms with Gasteiger partial charge in [-0.2, -0.15) is 0 Å². The van der Waals surface area contributed by atoms with E-state index >= 15 is 0 Å². The van der Waals surface area contributed by atoms with E-state index in [2.05, 4.69) is 20.6 Å². The molecule has 7 heteroatoms. The van der Waals surface area contributed by atoms with Gasteiger partial charge in [0, 0.05) is 23.8 Å². The molecule has 0 atom stereocenters. The van der Waals surface area contributed by atoms with E-state index in [1.54, 1.807) is 31.2 Å². The van der Waals surface area contributed by atoms with E-state index in [4.69, 9.17) is 4.74 Å². The molecule has 2 aromatic carbocycles. The molecule has 0 aliphatic carbocycles. The second-order valence-electron chi connectivity index (χ2n) is 6.44. The number of amides is 1. The molecule has 7 nitrogen and oxygen atoms in total. The third kappa shape index (κ3) is 4.95. The van der Waals surface area contributed by atoms with Gasteiger partial charge in [0.25, 0.3) is 5.91 Å². The zero-order valence-electron chi connectivity index (χ0n) is 16.5. The highest BCUT2D eigenvalue weighted by molar-refractivity contribution is 6.04. The van der Waals surface area contributed by atoms with Crippen LogP contribution in [0.2, 0.25) is 0 Å². The largest absolute Gasteiger partial charge is 0.462 e. The Kier molecular flexibility index (Phi) is 6.19. The number of carbonyl (C=O) groups is 2. The standard InChI is InChI=1S/C22H22N4O3/c1-4-29-21(28)16-8-10-18(11-9-16)25-22-23-12-17(13-24-22)20(27)26-19-14(2)6-5-7-15(19)3/h5-13H,4H2,1-3H3,(H,26,27)(H,23,24,25). The summed E-state index contributed by atoms with van der Waals surface area (Å²) in [5.74, 6) is -0.292. The first-order chi connectivity index (χ1) is 14.0. The smallest absolute Gasteiger partial charge is 0.338 e. The Morgan fingerprint density at radius 3 is 2.14 bits per heavy atom. The zero-order valence-corrected chi connectivity index (χ0v) is 16.5. The lowest BCUT2D eigenvalue weighted by molar-refractivity contribution is 0.0526. The summed E-state index contributed by atoms with van der Waals surface area (Å²) in [4.78, 5) is 32.6. The van der Waals surface area contributed by atoms with Crippen molar-refractivity contribution < 1.29 is 14.3 Å². The minimum Gasteiger partial charge on any atom is -0.462 e. The monoisotopic (exact) mass is 390 g/mol. The molecule has 148 valence electrons. The number of anilines is 3. The molecule has 2 N–H and O–H groups in total. The fourth-order valence-electron chi connectivity index (χ4n) is 2.74. The number of aromatic nitrogens is 2. The van der Waals surface area contributed by atoms with Crippen molar-refractivity contribution in [2.45, 2.75) is 20.8 Å². The Labute approximate surface area is 169 Å². The maximum Gasteiger partial charge on any atom is 0.338 e. The summed E-state index contributed by atoms with van der Waals surface area (Å²) >= 11 is 0. The van der Waals surface area contributed by atoms with Gasteiger partial charge in [0.05, 0.1) is 17.7 Å². The van der Waals surface area contributed by atoms with E-state index in [0.29, 0.717) is 29.4 Å². The first-order valence-electron chi connectivity index (χ1n) is 9.21. The molecule has 1 aromatic heterocycles. The summed E-state index contributed by atoms with van der Waals surface area (Å²) in [7, 11) is 0. The molecule has 1 heterocycles. The van der Waals surface area contributed by atoms with Gasteiger partial charge in [0.1, 0.15) is 0 Å². The van der Waals surface area contributed by atoms with Gasteiger partial charge in [0.2, 0.25) is 5.95 Å². The maximum absolute atomic E-state index is 12.5. The minimum atomic E-state index is -0.366. The molecule has 0 saturated heterocycles. The van der Waals surface area contributed by atoms with Crippen LogP contribution < -0.4 is 10.6 Å². The predicted octanol–water partition coefficient (Wildman–Crippen LogP) is 4.27. The molecule has 0 radical (unpaired) electrons. The SMILES string of the molecule is CCOC(=O)c1ccc(Nc2ncc(C(=O)Nc3c(C)cccc3C)cn2)cc1. The van der Waals surface area contributed by atoms with E-state index in [9.17, 15) is 9.59 Å². The van der Waals surface area contributed by atoms with Crippen molar-refractivity contribution in [3.63, 3.8) is 0 Å². The van der Waals surface area contributed by atoms with Crippen molar-refractivity contribution in [3.8, 4) is 0 Å². The van der Waals surface area contributed by atoms with Gasteiger partial charge in [-0.05, 0) is 56.2 Å². The first kappa shape index (κ1) is 20.0. The summed E-state index contributed by atoms with van der Waals surface area (Å²) in [6.07, 6.45) is 2.93. The number of hydrogen-bond donors (Lipinski definition) is 2. The molecule has 0 fully saturated rings. The molecule has 0 aliphatic heterocycles. The van der Waals surface area contributed by atoms with Crippen LogP contribution in [0.4, 0.5) is 17.3 Å². The number of aryl methyl sites for hydroxylation is 2. The maximum atomic E-state index is 12.5. The van der Waals surface area contributed by atoms with Gasteiger partial charge in [-0.1, -0.05) is 18.2 Å². The number of nitrogens with zero attached hydrogens (tertiary/aromatic N) is 2. The zero-order chi connectivity index (χ0) is 20.8. The Hall–Kier alpha value is -3.74. The number of esters is 1. The van der Waals surface area contributed by atoms with Crippen LogP contribution in [0.15, 0.2) is 54.9 Å². The van der Waals surface area contributed by atoms with Gasteiger partial charge < -0.3 is 15.4 Å². The summed E-state index contributed by atoms with van der Waals surface area (Å²) in [6.45, 7) is 5.98. The van der Waals surface area contributed by atoms with Crippen LogP contribution in [0.3, 0.4) is 0 Å². The fourth-order valence-corrected chi connectivity index (χ4v) is 2.74. The van der Waals surface area contributed by atoms with Crippen LogP contribution >= 0.6 is 0 Å². The topological polar surface area (TPSA) is 93.2 Å². The van der Waals surface area contributed by atoms with Crippen LogP contribution in [0.1, 0.15) is 38.8 Å². The third-order valence-electron chi connectivity index (χ3n) is 4.29. The lowest BCUT2D eigenvalue weighted by Gasteiger charge is -2.11. The van der Waals surface area contributed by atoms with Crippen molar-refractivity contribution in [2.24, 2.45) is 0 Å². The molecule has 0 unspecified atom stereocenters. The molecule has 3 aromatic rings. The molecular formula is C22H22N4O3. The van der Waals surface area contributed by atoms with Gasteiger partial charge in [-0.25, -0.2) is 14.8 Å². The van der Waals surface area contributed by atoms with E-state index < -0.39 is 0 Å². The number of carbonyl (C=O) groups excluding carboxylic acids is 2. The highest BCUT2D eigenvalue weighted by Crippen LogP contribution is 2.20. The van der Waals surface area contributed by atoms with Gasteiger partial charge in [-0.3, -0.25) is 4.79 Å². The van der Waals surface area contributed by atoms with Crippen LogP contribution in [0, 0.1) is 13.8 Å². The summed E-state index contributed by atoms with van der Waals surface area (Å²) in [5, 5.41) is 5.94. The first-order valence-corrected chi connectivity index (χ1v) is 9.21. The minimum absolute atomic E-state index is 0.271. The van der Waals surface area contributed by atoms with Crippen LogP contribution in [0.5, 0.6) is 0 Å². The van der Waals surface area contributed by atoms with Crippen LogP contribution in [-0.2, 0) is 4.74 Å². The normalized spacial score (nSPS) is 10.3. The second-order valence-corrected chi connectivity index (χ2v) is 6.44. The quantitative estimate of drug-likeness (QED) is 0.611. The van der Waals surface area contributed by atoms with E-state index in [1.807, 2.05) is 32.0 Å². The van der Waals surface area contributed by atoms with Gasteiger partial charge in [0.15, 0.2) is 0 Å². The van der Waals surface area contributed by atoms with Gasteiger partial charge in [-0.15, -0.1) is 0 Å². The average Bonchev–Trinajstić information content (AvgIpc) is 2.72. The summed E-state index contributed by atoms with van der Waals surface area (Å²) in [6, 6.07) is 12.6. The highest BCUT2D eigenvalue weighted by atomic mass is 16.5. The highest BCUT2D eigenvalue weighted by Gasteiger charge is 2.11. The van der Waals surface area contributed by atoms with E-state index in [1.165, 1.54) is 12.4 Å². The molecule has 29 heavy (non-hydrogen) atoms. The fraction of sp³-hybridized carbons (Fsp3) is 0.182. The number of benzene rings is 2. The third-order valence-corrected chi connectivity index (χ3v) is 4.29. The van der Waals surface area contributed by atoms with Crippen molar-refractivity contribution in [1.29, 1.82) is 0 Å². The number of nitrogens with one attached hydrogen (secondary N) is 2. The Balaban J connectivity index is 1.65. The molecule has 0 spiro atoms. The van der Waals surface area contributed by atoms with Crippen molar-refractivity contribution >= 4 is 29.2 Å². The second kappa shape index (κ2) is 8.97. The number of ether oxygens (including phenoxy) is 1. The Morgan fingerprint density at radius 1 is 0.931 bits per heavy atom. The van der Waals surface area contributed by atoms with Crippen molar-refractivity contribution in [3.05, 3.63) is 77.1 Å². The molecular weight excluding hydrogens is 368 g/mol. The number of hydrogen-bond acceptors (Lipinski definition) is 6. The summed E-state index contributed by atoms with van der Waals surface area (Å²) in [5.41, 5.74) is 4.31. The average molecular weight is 390 g/mol. The Bertz CT molecular complexity index is 995. The molecule has 0 bridgehead atoms. The van der Waals surface area contributed by atoms with Gasteiger partial charge >= 0.3 is 5.97 Å². The lowest BCUT2D eigenvalue weighted by atomic mass is 10.1. The van der Waals surface area contributed by atoms with Crippen LogP contribution in [-0.4, -0.2) is 28.5 Å². The van der Waals surface area contributed by atoms with E-state index in [0.717, 1.165) is 16.8 Å². The molecule has 1 amide bonds. The molecule has 0 saturated carbocycles. The summed E-state index contributed by atoms with van der Waals surface area (Å²) < 4.78 is 4.96. The van der Waals surface area contributed by atoms with Crippen molar-refractivity contribution in [1.82, 2.24) is 9.97 Å². The molecule has 3 rings (SSSR count).